The molecule has 1 heterocycles. The predicted octanol–water partition coefficient (Wildman–Crippen LogP) is 4.90. The molecule has 0 radical (unpaired) electrons. The van der Waals surface area contributed by atoms with E-state index >= 15 is 0 Å². The van der Waals surface area contributed by atoms with Gasteiger partial charge in [0.15, 0.2) is 0 Å². The highest BCUT2D eigenvalue weighted by Crippen LogP contribution is 2.40. The molecule has 0 aromatic heterocycles. The molecule has 0 spiro atoms. The van der Waals surface area contributed by atoms with Crippen molar-refractivity contribution in [3.63, 3.8) is 0 Å². The van der Waals surface area contributed by atoms with Crippen molar-refractivity contribution in [2.24, 2.45) is 5.92 Å². The maximum absolute atomic E-state index is 6.71. The lowest BCUT2D eigenvalue weighted by molar-refractivity contribution is 0.0410. The van der Waals surface area contributed by atoms with E-state index in [1.165, 1.54) is 43.2 Å². The Kier molecular flexibility index (Phi) is 5.47. The molecule has 0 amide bonds. The molecule has 4 rings (SSSR count). The summed E-state index contributed by atoms with van der Waals surface area (Å²) in [5.74, 6) is 0.723. The molecule has 1 aliphatic carbocycles. The normalized spacial score (nSPS) is 23.3. The van der Waals surface area contributed by atoms with Crippen LogP contribution in [0.4, 0.5) is 0 Å². The van der Waals surface area contributed by atoms with E-state index in [4.69, 9.17) is 4.65 Å². The molecule has 1 N–H and O–H groups in total. The second-order valence-corrected chi connectivity index (χ2v) is 8.19. The van der Waals surface area contributed by atoms with Gasteiger partial charge in [-0.1, -0.05) is 79.9 Å². The Morgan fingerprint density at radius 2 is 1.42 bits per heavy atom. The van der Waals surface area contributed by atoms with Gasteiger partial charge in [-0.05, 0) is 36.7 Å². The molecule has 2 fully saturated rings. The van der Waals surface area contributed by atoms with E-state index in [9.17, 15) is 0 Å². The number of hydrogen-bond donors (Lipinski definition) is 1. The summed E-state index contributed by atoms with van der Waals surface area (Å²) >= 11 is 0. The van der Waals surface area contributed by atoms with E-state index in [0.29, 0.717) is 6.04 Å². The Balaban J connectivity index is 1.67. The van der Waals surface area contributed by atoms with Gasteiger partial charge in [-0.2, -0.15) is 0 Å². The molecule has 0 bridgehead atoms. The second kappa shape index (κ2) is 7.98. The molecule has 1 aliphatic heterocycles. The fraction of sp³-hybridized carbons (Fsp3) is 0.478. The van der Waals surface area contributed by atoms with Crippen LogP contribution < -0.4 is 5.23 Å². The summed E-state index contributed by atoms with van der Waals surface area (Å²) in [5, 5.41) is 3.83. The number of rotatable bonds is 5. The van der Waals surface area contributed by atoms with Gasteiger partial charge in [-0.15, -0.1) is 0 Å². The first-order valence-corrected chi connectivity index (χ1v) is 10.3. The molecule has 1 unspecified atom stereocenters. The Hall–Kier alpha value is -1.58. The van der Waals surface area contributed by atoms with Gasteiger partial charge in [0.1, 0.15) is 0 Å². The van der Waals surface area contributed by atoms with Crippen LogP contribution in [0.2, 0.25) is 6.82 Å². The van der Waals surface area contributed by atoms with E-state index in [-0.39, 0.29) is 12.7 Å². The third kappa shape index (κ3) is 3.89. The summed E-state index contributed by atoms with van der Waals surface area (Å²) in [4.78, 5) is 0. The monoisotopic (exact) mass is 347 g/mol. The first kappa shape index (κ1) is 17.8. The molecule has 1 saturated heterocycles. The highest BCUT2D eigenvalue weighted by atomic mass is 16.5. The molecule has 2 aromatic carbocycles. The summed E-state index contributed by atoms with van der Waals surface area (Å²) in [7, 11) is 0.120. The van der Waals surface area contributed by atoms with E-state index in [2.05, 4.69) is 72.7 Å². The molecule has 2 aromatic rings. The first-order chi connectivity index (χ1) is 12.8. The van der Waals surface area contributed by atoms with Gasteiger partial charge < -0.3 is 9.88 Å². The van der Waals surface area contributed by atoms with E-state index in [1.54, 1.807) is 0 Å². The molecule has 3 heteroatoms. The van der Waals surface area contributed by atoms with E-state index < -0.39 is 0 Å². The lowest BCUT2D eigenvalue weighted by atomic mass is 9.72. The highest BCUT2D eigenvalue weighted by molar-refractivity contribution is 6.48. The van der Waals surface area contributed by atoms with Crippen LogP contribution in [0.3, 0.4) is 0 Å². The minimum Gasteiger partial charge on any atom is -0.414 e. The largest absolute Gasteiger partial charge is 0.414 e. The average molecular weight is 347 g/mol. The summed E-state index contributed by atoms with van der Waals surface area (Å²) in [5.41, 5.74) is 2.59. The fourth-order valence-corrected chi connectivity index (χ4v) is 5.15. The summed E-state index contributed by atoms with van der Waals surface area (Å²) in [6.45, 7) is 2.17. The van der Waals surface area contributed by atoms with Crippen LogP contribution in [0.1, 0.15) is 43.2 Å². The van der Waals surface area contributed by atoms with Crippen molar-refractivity contribution >= 4 is 7.05 Å². The number of benzene rings is 2. The predicted molar refractivity (Wildman–Crippen MR) is 109 cm³/mol. The van der Waals surface area contributed by atoms with Crippen molar-refractivity contribution in [3.8, 4) is 0 Å². The highest BCUT2D eigenvalue weighted by Gasteiger charge is 2.50. The topological polar surface area (TPSA) is 21.3 Å². The van der Waals surface area contributed by atoms with Gasteiger partial charge >= 0.3 is 7.05 Å². The zero-order chi connectivity index (χ0) is 17.8. The SMILES string of the molecule is CB1NC(C2CCCCC2)C(Cc2ccccc2)(Cc2ccccc2)O1. The Labute approximate surface area is 158 Å². The van der Waals surface area contributed by atoms with Crippen LogP contribution in [-0.4, -0.2) is 18.7 Å². The molecule has 2 nitrogen and oxygen atoms in total. The molecular weight excluding hydrogens is 317 g/mol. The fourth-order valence-electron chi connectivity index (χ4n) is 5.15. The maximum Gasteiger partial charge on any atom is 0.377 e. The van der Waals surface area contributed by atoms with Crippen molar-refractivity contribution in [2.45, 2.75) is 63.4 Å². The van der Waals surface area contributed by atoms with Crippen molar-refractivity contribution < 1.29 is 4.65 Å². The average Bonchev–Trinajstić information content (AvgIpc) is 2.99. The van der Waals surface area contributed by atoms with Gasteiger partial charge in [0.05, 0.1) is 5.60 Å². The van der Waals surface area contributed by atoms with Gasteiger partial charge in [0.25, 0.3) is 0 Å². The van der Waals surface area contributed by atoms with Crippen LogP contribution >= 0.6 is 0 Å². The summed E-state index contributed by atoms with van der Waals surface area (Å²) in [6.07, 6.45) is 8.73. The molecule has 2 aliphatic rings. The Bertz CT molecular complexity index is 642. The lowest BCUT2D eigenvalue weighted by Gasteiger charge is -2.41. The smallest absolute Gasteiger partial charge is 0.377 e. The third-order valence-corrected chi connectivity index (χ3v) is 6.21. The minimum atomic E-state index is -0.163. The van der Waals surface area contributed by atoms with Crippen LogP contribution in [0.15, 0.2) is 60.7 Å². The third-order valence-electron chi connectivity index (χ3n) is 6.21. The number of nitrogens with one attached hydrogen (secondary N) is 1. The van der Waals surface area contributed by atoms with Crippen LogP contribution in [0.5, 0.6) is 0 Å². The van der Waals surface area contributed by atoms with Crippen molar-refractivity contribution in [3.05, 3.63) is 71.8 Å². The molecule has 1 saturated carbocycles. The lowest BCUT2D eigenvalue weighted by Crippen LogP contribution is -2.52. The quantitative estimate of drug-likeness (QED) is 0.777. The zero-order valence-corrected chi connectivity index (χ0v) is 15.9. The second-order valence-electron chi connectivity index (χ2n) is 8.19. The van der Waals surface area contributed by atoms with Crippen LogP contribution in [0, 0.1) is 5.92 Å². The summed E-state index contributed by atoms with van der Waals surface area (Å²) in [6, 6.07) is 22.2. The molecule has 136 valence electrons. The first-order valence-electron chi connectivity index (χ1n) is 10.3. The standard InChI is InChI=1S/C23H30BNO/c1-24-25-22(21-15-9-4-10-16-21)23(26-24,17-19-11-5-2-6-12-19)18-20-13-7-3-8-14-20/h2-3,5-8,11-14,21-22,25H,4,9-10,15-18H2,1H3. The number of hydrogen-bond acceptors (Lipinski definition) is 2. The zero-order valence-electron chi connectivity index (χ0n) is 15.9. The van der Waals surface area contributed by atoms with Crippen molar-refractivity contribution in [1.29, 1.82) is 0 Å². The maximum atomic E-state index is 6.71. The molecular formula is C23H30BNO. The Morgan fingerprint density at radius 1 is 0.885 bits per heavy atom. The molecule has 26 heavy (non-hydrogen) atoms. The van der Waals surface area contributed by atoms with E-state index in [0.717, 1.165) is 18.8 Å². The van der Waals surface area contributed by atoms with Crippen LogP contribution in [0.25, 0.3) is 0 Å². The van der Waals surface area contributed by atoms with Crippen molar-refractivity contribution in [1.82, 2.24) is 5.23 Å². The van der Waals surface area contributed by atoms with Gasteiger partial charge in [-0.3, -0.25) is 0 Å². The Morgan fingerprint density at radius 3 is 1.96 bits per heavy atom. The van der Waals surface area contributed by atoms with E-state index in [1.807, 2.05) is 0 Å². The minimum absolute atomic E-state index is 0.120. The van der Waals surface area contributed by atoms with Crippen molar-refractivity contribution in [2.75, 3.05) is 0 Å². The summed E-state index contributed by atoms with van der Waals surface area (Å²) < 4.78 is 6.71. The molecule has 1 atom stereocenters. The van der Waals surface area contributed by atoms with Gasteiger partial charge in [0.2, 0.25) is 0 Å². The van der Waals surface area contributed by atoms with Gasteiger partial charge in [0, 0.05) is 18.9 Å². The van der Waals surface area contributed by atoms with Crippen LogP contribution in [-0.2, 0) is 17.5 Å². The van der Waals surface area contributed by atoms with Gasteiger partial charge in [-0.25, -0.2) is 0 Å².